The number of fused-ring (bicyclic) bond motifs is 1. The molecule has 0 aliphatic carbocycles. The third kappa shape index (κ3) is 2.58. The van der Waals surface area contributed by atoms with E-state index in [9.17, 15) is 5.11 Å². The Balaban J connectivity index is 1.69. The second-order valence-electron chi connectivity index (χ2n) is 7.13. The molecule has 1 N–H and O–H groups in total. The van der Waals surface area contributed by atoms with Crippen molar-refractivity contribution in [1.82, 2.24) is 14.9 Å². The Kier molecular flexibility index (Phi) is 3.70. The van der Waals surface area contributed by atoms with Crippen molar-refractivity contribution in [1.29, 1.82) is 0 Å². The number of piperidine rings is 2. The summed E-state index contributed by atoms with van der Waals surface area (Å²) in [5, 5.41) is 11.8. The fourth-order valence-corrected chi connectivity index (χ4v) is 4.35. The van der Waals surface area contributed by atoms with Gasteiger partial charge in [0.05, 0.1) is 11.6 Å². The first-order valence-corrected chi connectivity index (χ1v) is 8.49. The maximum atomic E-state index is 10.7. The lowest BCUT2D eigenvalue weighted by Gasteiger charge is -2.50. The predicted molar refractivity (Wildman–Crippen MR) is 91.5 cm³/mol. The van der Waals surface area contributed by atoms with Gasteiger partial charge in [-0.15, -0.1) is 0 Å². The van der Waals surface area contributed by atoms with Gasteiger partial charge in [0.2, 0.25) is 0 Å². The number of likely N-dealkylation sites (tertiary alicyclic amines) is 1. The average Bonchev–Trinajstić information content (AvgIpc) is 2.58. The molecule has 4 heterocycles. The Morgan fingerprint density at radius 1 is 1.17 bits per heavy atom. The zero-order valence-corrected chi connectivity index (χ0v) is 13.6. The summed E-state index contributed by atoms with van der Waals surface area (Å²) in [5.74, 6) is 1.01. The first-order chi connectivity index (χ1) is 11.2. The van der Waals surface area contributed by atoms with E-state index >= 15 is 0 Å². The van der Waals surface area contributed by atoms with Crippen molar-refractivity contribution in [2.24, 2.45) is 5.41 Å². The van der Waals surface area contributed by atoms with E-state index in [1.165, 1.54) is 0 Å². The van der Waals surface area contributed by atoms with E-state index in [0.29, 0.717) is 0 Å². The molecule has 0 unspecified atom stereocenters. The van der Waals surface area contributed by atoms with Crippen molar-refractivity contribution in [2.45, 2.75) is 25.4 Å². The number of aliphatic hydroxyl groups is 1. The molecule has 5 nitrogen and oxygen atoms in total. The van der Waals surface area contributed by atoms with Gasteiger partial charge >= 0.3 is 0 Å². The van der Waals surface area contributed by atoms with E-state index in [-0.39, 0.29) is 11.5 Å². The topological polar surface area (TPSA) is 52.5 Å². The normalized spacial score (nSPS) is 29.3. The number of anilines is 1. The number of hydrogen-bond acceptors (Lipinski definition) is 5. The van der Waals surface area contributed by atoms with Crippen LogP contribution in [0.25, 0.3) is 10.9 Å². The minimum atomic E-state index is -0.213. The molecule has 2 aromatic rings. The van der Waals surface area contributed by atoms with Crippen molar-refractivity contribution < 1.29 is 5.11 Å². The number of aliphatic hydroxyl groups excluding tert-OH is 1. The minimum Gasteiger partial charge on any atom is -0.392 e. The van der Waals surface area contributed by atoms with Gasteiger partial charge in [-0.2, -0.15) is 0 Å². The van der Waals surface area contributed by atoms with E-state index in [0.717, 1.165) is 62.2 Å². The lowest BCUT2D eigenvalue weighted by molar-refractivity contribution is -0.0466. The Hall–Kier alpha value is -1.72. The molecule has 2 aliphatic rings. The van der Waals surface area contributed by atoms with Gasteiger partial charge in [0, 0.05) is 49.4 Å². The summed E-state index contributed by atoms with van der Waals surface area (Å²) in [6.45, 7) is 3.83. The minimum absolute atomic E-state index is 0.0305. The summed E-state index contributed by atoms with van der Waals surface area (Å²) in [6, 6.07) is 6.02. The standard InChI is InChI=1S/C18H24N4O/c1-21-11-6-16(23)18(12-21)7-3-10-22(13-18)17-14-4-2-8-19-15(14)5-9-20-17/h2,4-5,8-9,16,23H,3,6-7,10-13H2,1H3/t16-,18-/m0/s1. The number of rotatable bonds is 1. The SMILES string of the molecule is CN1CC[C@H](O)[C@@]2(CCCN(c3nccc4ncccc34)C2)C1. The molecule has 0 bridgehead atoms. The van der Waals surface area contributed by atoms with Crippen LogP contribution in [0, 0.1) is 5.41 Å². The van der Waals surface area contributed by atoms with Gasteiger partial charge in [-0.25, -0.2) is 4.98 Å². The summed E-state index contributed by atoms with van der Waals surface area (Å²) in [6.07, 6.45) is 6.52. The molecule has 0 radical (unpaired) electrons. The quantitative estimate of drug-likeness (QED) is 0.872. The summed E-state index contributed by atoms with van der Waals surface area (Å²) in [5.41, 5.74) is 0.954. The molecule has 0 saturated carbocycles. The van der Waals surface area contributed by atoms with Crippen LogP contribution in [0.2, 0.25) is 0 Å². The second-order valence-corrected chi connectivity index (χ2v) is 7.13. The van der Waals surface area contributed by atoms with Crippen LogP contribution in [0.5, 0.6) is 0 Å². The average molecular weight is 312 g/mol. The Morgan fingerprint density at radius 3 is 3.00 bits per heavy atom. The van der Waals surface area contributed by atoms with Crippen molar-refractivity contribution in [3.05, 3.63) is 30.6 Å². The van der Waals surface area contributed by atoms with Crippen molar-refractivity contribution in [3.63, 3.8) is 0 Å². The van der Waals surface area contributed by atoms with Gasteiger partial charge in [-0.3, -0.25) is 4.98 Å². The third-order valence-electron chi connectivity index (χ3n) is 5.49. The molecule has 1 spiro atoms. The predicted octanol–water partition coefficient (Wildman–Crippen LogP) is 1.91. The van der Waals surface area contributed by atoms with Gasteiger partial charge in [0.15, 0.2) is 0 Å². The van der Waals surface area contributed by atoms with Gasteiger partial charge < -0.3 is 14.9 Å². The maximum absolute atomic E-state index is 10.7. The van der Waals surface area contributed by atoms with E-state index < -0.39 is 0 Å². The lowest BCUT2D eigenvalue weighted by atomic mass is 9.71. The summed E-state index contributed by atoms with van der Waals surface area (Å²) < 4.78 is 0. The molecule has 0 amide bonds. The van der Waals surface area contributed by atoms with Gasteiger partial charge in [-0.1, -0.05) is 0 Å². The number of pyridine rings is 2. The smallest absolute Gasteiger partial charge is 0.138 e. The number of aromatic nitrogens is 2. The third-order valence-corrected chi connectivity index (χ3v) is 5.49. The van der Waals surface area contributed by atoms with E-state index in [2.05, 4.69) is 32.9 Å². The van der Waals surface area contributed by atoms with Gasteiger partial charge in [0.25, 0.3) is 0 Å². The van der Waals surface area contributed by atoms with Crippen LogP contribution >= 0.6 is 0 Å². The molecular formula is C18H24N4O. The van der Waals surface area contributed by atoms with E-state index in [1.54, 1.807) is 0 Å². The monoisotopic (exact) mass is 312 g/mol. The highest BCUT2D eigenvalue weighted by Crippen LogP contribution is 2.40. The van der Waals surface area contributed by atoms with Crippen LogP contribution < -0.4 is 4.90 Å². The maximum Gasteiger partial charge on any atom is 0.138 e. The fourth-order valence-electron chi connectivity index (χ4n) is 4.35. The molecule has 2 atom stereocenters. The first-order valence-electron chi connectivity index (χ1n) is 8.49. The molecule has 122 valence electrons. The Labute approximate surface area is 137 Å². The highest BCUT2D eigenvalue weighted by molar-refractivity contribution is 5.89. The number of hydrogen-bond donors (Lipinski definition) is 1. The molecule has 0 aromatic carbocycles. The van der Waals surface area contributed by atoms with Crippen molar-refractivity contribution in [3.8, 4) is 0 Å². The highest BCUT2D eigenvalue weighted by Gasteiger charge is 2.45. The van der Waals surface area contributed by atoms with Crippen LogP contribution in [0.3, 0.4) is 0 Å². The molecule has 2 aliphatic heterocycles. The van der Waals surface area contributed by atoms with Crippen LogP contribution in [-0.4, -0.2) is 59.3 Å². The Bertz CT molecular complexity index is 701. The molecule has 5 heteroatoms. The van der Waals surface area contributed by atoms with Gasteiger partial charge in [-0.05, 0) is 44.5 Å². The van der Waals surface area contributed by atoms with Crippen LogP contribution in [0.4, 0.5) is 5.82 Å². The van der Waals surface area contributed by atoms with Gasteiger partial charge in [0.1, 0.15) is 5.82 Å². The molecule has 2 fully saturated rings. The van der Waals surface area contributed by atoms with Crippen molar-refractivity contribution in [2.75, 3.05) is 38.1 Å². The van der Waals surface area contributed by atoms with E-state index in [1.807, 2.05) is 24.5 Å². The zero-order valence-electron chi connectivity index (χ0n) is 13.6. The number of nitrogens with zero attached hydrogens (tertiary/aromatic N) is 4. The first kappa shape index (κ1) is 14.8. The Morgan fingerprint density at radius 2 is 2.09 bits per heavy atom. The van der Waals surface area contributed by atoms with Crippen LogP contribution in [0.15, 0.2) is 30.6 Å². The molecule has 2 aromatic heterocycles. The second kappa shape index (κ2) is 5.73. The zero-order chi connectivity index (χ0) is 15.9. The largest absolute Gasteiger partial charge is 0.392 e. The molecule has 23 heavy (non-hydrogen) atoms. The van der Waals surface area contributed by atoms with Crippen LogP contribution in [-0.2, 0) is 0 Å². The van der Waals surface area contributed by atoms with E-state index in [4.69, 9.17) is 0 Å². The molecule has 4 rings (SSSR count). The van der Waals surface area contributed by atoms with Crippen molar-refractivity contribution >= 4 is 16.7 Å². The molecular weight excluding hydrogens is 288 g/mol. The summed E-state index contributed by atoms with van der Waals surface area (Å²) in [7, 11) is 2.16. The fraction of sp³-hybridized carbons (Fsp3) is 0.556. The summed E-state index contributed by atoms with van der Waals surface area (Å²) >= 11 is 0. The molecule has 2 saturated heterocycles. The summed E-state index contributed by atoms with van der Waals surface area (Å²) in [4.78, 5) is 13.8. The van der Waals surface area contributed by atoms with Crippen LogP contribution in [0.1, 0.15) is 19.3 Å². The highest BCUT2D eigenvalue weighted by atomic mass is 16.3. The lowest BCUT2D eigenvalue weighted by Crippen LogP contribution is -2.58.